The molecule has 1 saturated heterocycles. The van der Waals surface area contributed by atoms with Crippen molar-refractivity contribution in [1.29, 1.82) is 0 Å². The first kappa shape index (κ1) is 14.8. The zero-order valence-electron chi connectivity index (χ0n) is 12.7. The third-order valence-corrected chi connectivity index (χ3v) is 4.14. The number of likely N-dealkylation sites (tertiary alicyclic amines) is 1. The van der Waals surface area contributed by atoms with Crippen molar-refractivity contribution in [2.45, 2.75) is 19.4 Å². The van der Waals surface area contributed by atoms with Gasteiger partial charge in [-0.2, -0.15) is 5.10 Å². The molecule has 0 aliphatic carbocycles. The molecule has 1 aromatic heterocycles. The van der Waals surface area contributed by atoms with Crippen LogP contribution in [0.5, 0.6) is 0 Å². The summed E-state index contributed by atoms with van der Waals surface area (Å²) in [7, 11) is 0. The van der Waals surface area contributed by atoms with E-state index in [9.17, 15) is 4.79 Å². The van der Waals surface area contributed by atoms with E-state index in [0.29, 0.717) is 12.5 Å². The Morgan fingerprint density at radius 1 is 1.18 bits per heavy atom. The highest BCUT2D eigenvalue weighted by Gasteiger charge is 2.21. The summed E-state index contributed by atoms with van der Waals surface area (Å²) in [5.74, 6) is 0.727. The van der Waals surface area contributed by atoms with Gasteiger partial charge in [-0.3, -0.25) is 14.4 Å². The molecule has 1 aliphatic rings. The van der Waals surface area contributed by atoms with Crippen molar-refractivity contribution in [1.82, 2.24) is 14.7 Å². The second kappa shape index (κ2) is 7.22. The highest BCUT2D eigenvalue weighted by atomic mass is 16.2. The Morgan fingerprint density at radius 2 is 1.95 bits per heavy atom. The molecule has 1 fully saturated rings. The number of amides is 1. The lowest BCUT2D eigenvalue weighted by Gasteiger charge is -2.31. The van der Waals surface area contributed by atoms with E-state index >= 15 is 0 Å². The fourth-order valence-corrected chi connectivity index (χ4v) is 2.93. The summed E-state index contributed by atoms with van der Waals surface area (Å²) in [6.07, 6.45) is 6.08. The molecule has 0 atom stereocenters. The van der Waals surface area contributed by atoms with Crippen LogP contribution in [0.1, 0.15) is 12.8 Å². The van der Waals surface area contributed by atoms with Crippen molar-refractivity contribution in [2.75, 3.05) is 25.0 Å². The number of nitrogens with zero attached hydrogens (tertiary/aromatic N) is 3. The summed E-state index contributed by atoms with van der Waals surface area (Å²) < 4.78 is 2.00. The van der Waals surface area contributed by atoms with Crippen molar-refractivity contribution in [3.63, 3.8) is 0 Å². The Morgan fingerprint density at radius 3 is 2.64 bits per heavy atom. The molecular weight excluding hydrogens is 276 g/mol. The minimum atomic E-state index is 0.0664. The van der Waals surface area contributed by atoms with E-state index in [2.05, 4.69) is 15.3 Å². The molecule has 0 saturated carbocycles. The number of hydrogen-bond acceptors (Lipinski definition) is 3. The third-order valence-electron chi connectivity index (χ3n) is 4.14. The van der Waals surface area contributed by atoms with Gasteiger partial charge in [0.15, 0.2) is 0 Å². The van der Waals surface area contributed by atoms with Gasteiger partial charge in [0.1, 0.15) is 0 Å². The molecular formula is C17H22N4O. The predicted octanol–water partition coefficient (Wildman–Crippen LogP) is 2.23. The van der Waals surface area contributed by atoms with Crippen molar-refractivity contribution in [2.24, 2.45) is 5.92 Å². The maximum absolute atomic E-state index is 12.1. The predicted molar refractivity (Wildman–Crippen MR) is 86.5 cm³/mol. The number of benzene rings is 1. The number of anilines is 1. The normalized spacial score (nSPS) is 16.5. The van der Waals surface area contributed by atoms with Crippen LogP contribution in [-0.2, 0) is 11.3 Å². The van der Waals surface area contributed by atoms with Crippen LogP contribution in [-0.4, -0.2) is 40.2 Å². The van der Waals surface area contributed by atoms with Gasteiger partial charge in [0.2, 0.25) is 5.91 Å². The average molecular weight is 298 g/mol. The lowest BCUT2D eigenvalue weighted by atomic mass is 9.97. The smallest absolute Gasteiger partial charge is 0.238 e. The monoisotopic (exact) mass is 298 g/mol. The molecule has 22 heavy (non-hydrogen) atoms. The summed E-state index contributed by atoms with van der Waals surface area (Å²) in [6.45, 7) is 3.42. The molecule has 0 unspecified atom stereocenters. The van der Waals surface area contributed by atoms with Gasteiger partial charge in [0.25, 0.3) is 0 Å². The van der Waals surface area contributed by atoms with Crippen molar-refractivity contribution in [3.05, 3.63) is 48.8 Å². The number of carbonyl (C=O) groups is 1. The molecule has 5 nitrogen and oxygen atoms in total. The van der Waals surface area contributed by atoms with Crippen LogP contribution in [0, 0.1) is 5.92 Å². The van der Waals surface area contributed by atoms with Crippen LogP contribution < -0.4 is 5.32 Å². The molecule has 1 aliphatic heterocycles. The molecule has 3 rings (SSSR count). The number of hydrogen-bond donors (Lipinski definition) is 1. The Labute approximate surface area is 130 Å². The van der Waals surface area contributed by atoms with Crippen LogP contribution in [0.3, 0.4) is 0 Å². The summed E-state index contributed by atoms with van der Waals surface area (Å²) in [5, 5.41) is 7.21. The molecule has 116 valence electrons. The maximum Gasteiger partial charge on any atom is 0.238 e. The number of rotatable bonds is 5. The Bertz CT molecular complexity index is 574. The molecule has 1 amide bonds. The first-order valence-electron chi connectivity index (χ1n) is 7.84. The standard InChI is InChI=1S/C17H22N4O/c22-17(19-16-5-2-1-3-6-16)14-20-11-7-15(8-12-20)13-21-10-4-9-18-21/h1-6,9-10,15H,7-8,11-14H2,(H,19,22). The van der Waals surface area contributed by atoms with Gasteiger partial charge >= 0.3 is 0 Å². The van der Waals surface area contributed by atoms with E-state index in [4.69, 9.17) is 0 Å². The van der Waals surface area contributed by atoms with Crippen molar-refractivity contribution < 1.29 is 4.79 Å². The van der Waals surface area contributed by atoms with Gasteiger partial charge in [0, 0.05) is 24.6 Å². The largest absolute Gasteiger partial charge is 0.325 e. The molecule has 1 N–H and O–H groups in total. The minimum Gasteiger partial charge on any atom is -0.325 e. The Balaban J connectivity index is 1.41. The topological polar surface area (TPSA) is 50.2 Å². The summed E-state index contributed by atoms with van der Waals surface area (Å²) in [5.41, 5.74) is 0.862. The second-order valence-electron chi connectivity index (χ2n) is 5.86. The highest BCUT2D eigenvalue weighted by molar-refractivity contribution is 5.92. The Hall–Kier alpha value is -2.14. The van der Waals surface area contributed by atoms with Gasteiger partial charge in [0.05, 0.1) is 6.54 Å². The van der Waals surface area contributed by atoms with E-state index in [-0.39, 0.29) is 5.91 Å². The van der Waals surface area contributed by atoms with Crippen LogP contribution in [0.4, 0.5) is 5.69 Å². The van der Waals surface area contributed by atoms with Crippen LogP contribution in [0.15, 0.2) is 48.8 Å². The first-order chi connectivity index (χ1) is 10.8. The molecule has 0 radical (unpaired) electrons. The summed E-state index contributed by atoms with van der Waals surface area (Å²) >= 11 is 0. The summed E-state index contributed by atoms with van der Waals surface area (Å²) in [6, 6.07) is 11.6. The molecule has 2 heterocycles. The maximum atomic E-state index is 12.1. The second-order valence-corrected chi connectivity index (χ2v) is 5.86. The molecule has 0 bridgehead atoms. The molecule has 2 aromatic rings. The lowest BCUT2D eigenvalue weighted by Crippen LogP contribution is -2.40. The van der Waals surface area contributed by atoms with Gasteiger partial charge in [-0.05, 0) is 50.0 Å². The number of para-hydroxylation sites is 1. The molecule has 5 heteroatoms. The van der Waals surface area contributed by atoms with Gasteiger partial charge in [-0.1, -0.05) is 18.2 Å². The fourth-order valence-electron chi connectivity index (χ4n) is 2.93. The van der Waals surface area contributed by atoms with E-state index in [1.165, 1.54) is 0 Å². The van der Waals surface area contributed by atoms with Crippen LogP contribution in [0.25, 0.3) is 0 Å². The zero-order valence-corrected chi connectivity index (χ0v) is 12.7. The van der Waals surface area contributed by atoms with Crippen LogP contribution >= 0.6 is 0 Å². The fraction of sp³-hybridized carbons (Fsp3) is 0.412. The average Bonchev–Trinajstić information content (AvgIpc) is 3.03. The van der Waals surface area contributed by atoms with E-state index in [1.807, 2.05) is 53.5 Å². The van der Waals surface area contributed by atoms with E-state index < -0.39 is 0 Å². The summed E-state index contributed by atoms with van der Waals surface area (Å²) in [4.78, 5) is 14.3. The van der Waals surface area contributed by atoms with Gasteiger partial charge < -0.3 is 5.32 Å². The van der Waals surface area contributed by atoms with E-state index in [1.54, 1.807) is 0 Å². The number of nitrogens with one attached hydrogen (secondary N) is 1. The highest BCUT2D eigenvalue weighted by Crippen LogP contribution is 2.18. The molecule has 1 aromatic carbocycles. The van der Waals surface area contributed by atoms with Crippen molar-refractivity contribution in [3.8, 4) is 0 Å². The van der Waals surface area contributed by atoms with E-state index in [0.717, 1.165) is 38.2 Å². The number of carbonyl (C=O) groups excluding carboxylic acids is 1. The number of piperidine rings is 1. The lowest BCUT2D eigenvalue weighted by molar-refractivity contribution is -0.117. The first-order valence-corrected chi connectivity index (χ1v) is 7.84. The SMILES string of the molecule is O=C(CN1CCC(Cn2cccn2)CC1)Nc1ccccc1. The minimum absolute atomic E-state index is 0.0664. The van der Waals surface area contributed by atoms with Gasteiger partial charge in [-0.25, -0.2) is 0 Å². The Kier molecular flexibility index (Phi) is 4.85. The third kappa shape index (κ3) is 4.18. The quantitative estimate of drug-likeness (QED) is 0.921. The number of aromatic nitrogens is 2. The zero-order chi connectivity index (χ0) is 15.2. The van der Waals surface area contributed by atoms with Crippen molar-refractivity contribution >= 4 is 11.6 Å². The molecule has 0 spiro atoms. The van der Waals surface area contributed by atoms with Crippen LogP contribution in [0.2, 0.25) is 0 Å². The van der Waals surface area contributed by atoms with Gasteiger partial charge in [-0.15, -0.1) is 0 Å².